The van der Waals surface area contributed by atoms with E-state index in [2.05, 4.69) is 20.2 Å². The van der Waals surface area contributed by atoms with Crippen LogP contribution in [0.15, 0.2) is 36.4 Å². The average molecular weight is 495 g/mol. The number of amides is 1. The van der Waals surface area contributed by atoms with Crippen LogP contribution in [0.2, 0.25) is 0 Å². The topological polar surface area (TPSA) is 76.4 Å². The van der Waals surface area contributed by atoms with Gasteiger partial charge in [-0.3, -0.25) is 14.6 Å². The monoisotopic (exact) mass is 494 g/mol. The van der Waals surface area contributed by atoms with Gasteiger partial charge < -0.3 is 4.74 Å². The van der Waals surface area contributed by atoms with E-state index in [1.165, 1.54) is 15.6 Å². The van der Waals surface area contributed by atoms with Gasteiger partial charge in [0.25, 0.3) is 5.91 Å². The molecule has 2 aromatic carbocycles. The van der Waals surface area contributed by atoms with Crippen molar-refractivity contribution in [3.05, 3.63) is 48.0 Å². The third kappa shape index (κ3) is 4.96. The maximum Gasteiger partial charge on any atom is 0.250 e. The van der Waals surface area contributed by atoms with Gasteiger partial charge in [-0.25, -0.2) is 18.4 Å². The summed E-state index contributed by atoms with van der Waals surface area (Å²) in [6.07, 6.45) is 0. The summed E-state index contributed by atoms with van der Waals surface area (Å²) < 4.78 is 35.2. The van der Waals surface area contributed by atoms with Gasteiger partial charge in [0.2, 0.25) is 0 Å². The summed E-state index contributed by atoms with van der Waals surface area (Å²) in [5, 5.41) is 8.52. The Balaban J connectivity index is 0.00000259. The molecule has 1 aliphatic rings. The SMILES string of the molecule is Cl.O=C(Cn1nnc2ccccc21)N(CCN1CCOCC1)c1nc2c(F)cc(F)cc2s1. The number of carbonyl (C=O) groups excluding carboxylic acids is 1. The predicted molar refractivity (Wildman–Crippen MR) is 124 cm³/mol. The molecule has 0 atom stereocenters. The molecule has 1 amide bonds. The van der Waals surface area contributed by atoms with Gasteiger partial charge in [0, 0.05) is 32.2 Å². The highest BCUT2D eigenvalue weighted by atomic mass is 35.5. The number of hydrogen-bond donors (Lipinski definition) is 0. The average Bonchev–Trinajstić information content (AvgIpc) is 3.39. The maximum absolute atomic E-state index is 14.2. The zero-order chi connectivity index (χ0) is 22.1. The molecule has 1 saturated heterocycles. The highest BCUT2D eigenvalue weighted by Crippen LogP contribution is 2.31. The molecule has 0 unspecified atom stereocenters. The van der Waals surface area contributed by atoms with Gasteiger partial charge in [-0.1, -0.05) is 28.7 Å². The number of anilines is 1. The Hall–Kier alpha value is -2.73. The third-order valence-corrected chi connectivity index (χ3v) is 6.41. The molecule has 0 spiro atoms. The number of thiazole rings is 1. The minimum atomic E-state index is -0.745. The van der Waals surface area contributed by atoms with Gasteiger partial charge in [0.05, 0.1) is 23.4 Å². The van der Waals surface area contributed by atoms with Gasteiger partial charge in [-0.2, -0.15) is 0 Å². The fourth-order valence-corrected chi connectivity index (χ4v) is 4.75. The van der Waals surface area contributed by atoms with E-state index < -0.39 is 11.6 Å². The lowest BCUT2D eigenvalue weighted by Crippen LogP contribution is -2.44. The number of hydrogen-bond acceptors (Lipinski definition) is 7. The molecule has 33 heavy (non-hydrogen) atoms. The number of nitrogens with zero attached hydrogens (tertiary/aromatic N) is 6. The van der Waals surface area contributed by atoms with Gasteiger partial charge in [0.15, 0.2) is 10.9 Å². The van der Waals surface area contributed by atoms with Crippen molar-refractivity contribution < 1.29 is 18.3 Å². The van der Waals surface area contributed by atoms with Crippen LogP contribution in [0.25, 0.3) is 21.3 Å². The molecule has 5 rings (SSSR count). The van der Waals surface area contributed by atoms with Crippen LogP contribution in [-0.2, 0) is 16.1 Å². The summed E-state index contributed by atoms with van der Waals surface area (Å²) >= 11 is 1.09. The summed E-state index contributed by atoms with van der Waals surface area (Å²) in [6.45, 7) is 3.76. The first-order chi connectivity index (χ1) is 15.6. The molecule has 0 bridgehead atoms. The lowest BCUT2D eigenvalue weighted by molar-refractivity contribution is -0.119. The molecule has 0 radical (unpaired) electrons. The number of rotatable bonds is 6. The Labute approximate surface area is 198 Å². The molecular formula is C21H21ClF2N6O2S. The number of fused-ring (bicyclic) bond motifs is 2. The van der Waals surface area contributed by atoms with E-state index in [1.807, 2.05) is 24.3 Å². The van der Waals surface area contributed by atoms with Gasteiger partial charge >= 0.3 is 0 Å². The van der Waals surface area contributed by atoms with Crippen LogP contribution in [0.3, 0.4) is 0 Å². The molecule has 8 nitrogen and oxygen atoms in total. The van der Waals surface area contributed by atoms with Crippen molar-refractivity contribution in [2.75, 3.05) is 44.3 Å². The number of halogens is 3. The highest BCUT2D eigenvalue weighted by Gasteiger charge is 2.24. The van der Waals surface area contributed by atoms with Crippen molar-refractivity contribution in [3.63, 3.8) is 0 Å². The van der Waals surface area contributed by atoms with Crippen molar-refractivity contribution in [1.29, 1.82) is 0 Å². The zero-order valence-corrected chi connectivity index (χ0v) is 19.1. The van der Waals surface area contributed by atoms with Crippen LogP contribution in [-0.4, -0.2) is 70.2 Å². The summed E-state index contributed by atoms with van der Waals surface area (Å²) in [5.41, 5.74) is 1.49. The highest BCUT2D eigenvalue weighted by molar-refractivity contribution is 7.22. The zero-order valence-electron chi connectivity index (χ0n) is 17.5. The Kier molecular flexibility index (Phi) is 7.13. The lowest BCUT2D eigenvalue weighted by Gasteiger charge is -2.29. The normalized spacial score (nSPS) is 14.5. The van der Waals surface area contributed by atoms with Crippen molar-refractivity contribution >= 4 is 56.0 Å². The fraction of sp³-hybridized carbons (Fsp3) is 0.333. The Bertz CT molecular complexity index is 1280. The van der Waals surface area contributed by atoms with Gasteiger partial charge in [0.1, 0.15) is 23.4 Å². The van der Waals surface area contributed by atoms with Crippen molar-refractivity contribution in [1.82, 2.24) is 24.9 Å². The quantitative estimate of drug-likeness (QED) is 0.410. The van der Waals surface area contributed by atoms with Crippen molar-refractivity contribution in [2.24, 2.45) is 0 Å². The molecule has 1 fully saturated rings. The molecule has 0 aliphatic carbocycles. The third-order valence-electron chi connectivity index (χ3n) is 5.38. The van der Waals surface area contributed by atoms with E-state index in [0.29, 0.717) is 41.7 Å². The number of ether oxygens (including phenoxy) is 1. The van der Waals surface area contributed by atoms with E-state index in [1.54, 1.807) is 0 Å². The van der Waals surface area contributed by atoms with Crippen LogP contribution < -0.4 is 4.90 Å². The maximum atomic E-state index is 14.2. The molecule has 2 aromatic heterocycles. The Morgan fingerprint density at radius 3 is 2.79 bits per heavy atom. The second-order valence-corrected chi connectivity index (χ2v) is 8.48. The summed E-state index contributed by atoms with van der Waals surface area (Å²) in [5.74, 6) is -1.68. The van der Waals surface area contributed by atoms with Crippen LogP contribution >= 0.6 is 23.7 Å². The van der Waals surface area contributed by atoms with Gasteiger partial charge in [-0.05, 0) is 18.2 Å². The van der Waals surface area contributed by atoms with E-state index >= 15 is 0 Å². The largest absolute Gasteiger partial charge is 0.379 e. The molecule has 0 saturated carbocycles. The second kappa shape index (κ2) is 10.0. The number of morpholine rings is 1. The smallest absolute Gasteiger partial charge is 0.250 e. The van der Waals surface area contributed by atoms with E-state index in [-0.39, 0.29) is 30.4 Å². The van der Waals surface area contributed by atoms with Crippen LogP contribution in [0.4, 0.5) is 13.9 Å². The molecule has 0 N–H and O–H groups in total. The first kappa shape index (κ1) is 23.4. The molecule has 174 valence electrons. The number of para-hydroxylation sites is 1. The number of aromatic nitrogens is 4. The first-order valence-electron chi connectivity index (χ1n) is 10.2. The molecule has 3 heterocycles. The summed E-state index contributed by atoms with van der Waals surface area (Å²) in [4.78, 5) is 21.4. The molecular weight excluding hydrogens is 474 g/mol. The van der Waals surface area contributed by atoms with Gasteiger partial charge in [-0.15, -0.1) is 17.5 Å². The first-order valence-corrected chi connectivity index (χ1v) is 11.0. The standard InChI is InChI=1S/C21H20F2N6O2S.ClH/c22-14-11-15(23)20-18(12-14)32-21(24-20)28(6-5-27-7-9-31-10-8-27)19(30)13-29-17-4-2-1-3-16(17)25-26-29;/h1-4,11-12H,5-10,13H2;1H. The number of benzene rings is 2. The molecule has 4 aromatic rings. The Morgan fingerprint density at radius 1 is 1.18 bits per heavy atom. The van der Waals surface area contributed by atoms with Crippen molar-refractivity contribution in [3.8, 4) is 0 Å². The molecule has 12 heteroatoms. The molecule has 1 aliphatic heterocycles. The Morgan fingerprint density at radius 2 is 1.97 bits per heavy atom. The predicted octanol–water partition coefficient (Wildman–Crippen LogP) is 3.11. The number of carbonyl (C=O) groups is 1. The van der Waals surface area contributed by atoms with Crippen LogP contribution in [0, 0.1) is 11.6 Å². The fourth-order valence-electron chi connectivity index (χ4n) is 3.70. The van der Waals surface area contributed by atoms with Crippen molar-refractivity contribution in [2.45, 2.75) is 6.54 Å². The lowest BCUT2D eigenvalue weighted by atomic mass is 10.3. The second-order valence-electron chi connectivity index (χ2n) is 7.47. The minimum Gasteiger partial charge on any atom is -0.379 e. The van der Waals surface area contributed by atoms with Crippen LogP contribution in [0.1, 0.15) is 0 Å². The van der Waals surface area contributed by atoms with E-state index in [0.717, 1.165) is 36.0 Å². The summed E-state index contributed by atoms with van der Waals surface area (Å²) in [7, 11) is 0. The summed E-state index contributed by atoms with van der Waals surface area (Å²) in [6, 6.07) is 9.41. The van der Waals surface area contributed by atoms with E-state index in [4.69, 9.17) is 4.74 Å². The van der Waals surface area contributed by atoms with Crippen LogP contribution in [0.5, 0.6) is 0 Å². The minimum absolute atomic E-state index is 0. The van der Waals surface area contributed by atoms with E-state index in [9.17, 15) is 13.6 Å².